The molecule has 11 heavy (non-hydrogen) atoms. The van der Waals surface area contributed by atoms with Gasteiger partial charge in [0.1, 0.15) is 0 Å². The third-order valence-electron chi connectivity index (χ3n) is 1.52. The Morgan fingerprint density at radius 1 is 1.27 bits per heavy atom. The van der Waals surface area contributed by atoms with E-state index in [0.717, 1.165) is 32.7 Å². The second kappa shape index (κ2) is 7.98. The second-order valence-corrected chi connectivity index (χ2v) is 2.55. The van der Waals surface area contributed by atoms with Gasteiger partial charge in [0, 0.05) is 33.2 Å². The highest BCUT2D eigenvalue weighted by atomic mass is 15.1. The normalized spacial score (nSPS) is 10.9. The van der Waals surface area contributed by atoms with Crippen molar-refractivity contribution in [1.29, 1.82) is 0 Å². The Morgan fingerprint density at radius 3 is 2.45 bits per heavy atom. The SMILES string of the molecule is [CH2]CNCCN(C)CCN[CH2]. The van der Waals surface area contributed by atoms with Crippen LogP contribution in [0.3, 0.4) is 0 Å². The molecule has 0 aromatic carbocycles. The maximum atomic E-state index is 3.69. The fourth-order valence-electron chi connectivity index (χ4n) is 0.777. The van der Waals surface area contributed by atoms with E-state index in [-0.39, 0.29) is 0 Å². The van der Waals surface area contributed by atoms with Gasteiger partial charge >= 0.3 is 0 Å². The van der Waals surface area contributed by atoms with E-state index in [9.17, 15) is 0 Å². The van der Waals surface area contributed by atoms with Crippen LogP contribution in [-0.4, -0.2) is 44.7 Å². The third kappa shape index (κ3) is 7.78. The lowest BCUT2D eigenvalue weighted by molar-refractivity contribution is 0.336. The van der Waals surface area contributed by atoms with Gasteiger partial charge in [-0.2, -0.15) is 0 Å². The Labute approximate surface area is 70.2 Å². The molecule has 2 N–H and O–H groups in total. The van der Waals surface area contributed by atoms with Crippen LogP contribution in [0.4, 0.5) is 0 Å². The van der Waals surface area contributed by atoms with E-state index in [0.29, 0.717) is 0 Å². The third-order valence-corrected chi connectivity index (χ3v) is 1.52. The smallest absolute Gasteiger partial charge is 0.0104 e. The van der Waals surface area contributed by atoms with Crippen LogP contribution in [0.1, 0.15) is 0 Å². The molecular weight excluding hydrogens is 138 g/mol. The van der Waals surface area contributed by atoms with Crippen molar-refractivity contribution in [3.05, 3.63) is 14.0 Å². The fraction of sp³-hybridized carbons (Fsp3) is 0.750. The molecule has 0 fully saturated rings. The number of hydrogen-bond donors (Lipinski definition) is 2. The van der Waals surface area contributed by atoms with Crippen molar-refractivity contribution in [1.82, 2.24) is 15.5 Å². The van der Waals surface area contributed by atoms with Crippen LogP contribution in [0.25, 0.3) is 0 Å². The molecule has 0 spiro atoms. The largest absolute Gasteiger partial charge is 0.315 e. The number of likely N-dealkylation sites (N-methyl/N-ethyl adjacent to an activating group) is 1. The number of nitrogens with zero attached hydrogens (tertiary/aromatic N) is 1. The minimum Gasteiger partial charge on any atom is -0.315 e. The molecule has 3 heteroatoms. The Morgan fingerprint density at radius 2 is 1.91 bits per heavy atom. The average molecular weight is 157 g/mol. The van der Waals surface area contributed by atoms with Crippen molar-refractivity contribution in [2.45, 2.75) is 0 Å². The summed E-state index contributed by atoms with van der Waals surface area (Å²) in [5, 5.41) is 6.03. The van der Waals surface area contributed by atoms with E-state index in [1.807, 2.05) is 0 Å². The highest BCUT2D eigenvalue weighted by Gasteiger charge is 1.94. The Bertz CT molecular complexity index is 75.7. The minimum atomic E-state index is 0.807. The van der Waals surface area contributed by atoms with Gasteiger partial charge in [0.25, 0.3) is 0 Å². The average Bonchev–Trinajstić information content (AvgIpc) is 2.01. The zero-order chi connectivity index (χ0) is 8.53. The second-order valence-electron chi connectivity index (χ2n) is 2.55. The molecule has 0 heterocycles. The van der Waals surface area contributed by atoms with Crippen LogP contribution in [0.2, 0.25) is 0 Å². The number of nitrogens with one attached hydrogen (secondary N) is 2. The molecule has 0 unspecified atom stereocenters. The Kier molecular flexibility index (Phi) is 7.89. The van der Waals surface area contributed by atoms with Gasteiger partial charge in [-0.1, -0.05) is 0 Å². The summed E-state index contributed by atoms with van der Waals surface area (Å²) in [6.07, 6.45) is 0. The first-order valence-electron chi connectivity index (χ1n) is 3.99. The lowest BCUT2D eigenvalue weighted by Gasteiger charge is -2.15. The Hall–Kier alpha value is -0.120. The topological polar surface area (TPSA) is 27.3 Å². The van der Waals surface area contributed by atoms with Crippen LogP contribution in [0.15, 0.2) is 0 Å². The summed E-state index contributed by atoms with van der Waals surface area (Å²) < 4.78 is 0. The van der Waals surface area contributed by atoms with Crippen molar-refractivity contribution < 1.29 is 0 Å². The molecule has 0 saturated carbocycles. The van der Waals surface area contributed by atoms with Crippen molar-refractivity contribution in [2.75, 3.05) is 39.8 Å². The first-order chi connectivity index (χ1) is 5.31. The van der Waals surface area contributed by atoms with Gasteiger partial charge in [-0.25, -0.2) is 0 Å². The van der Waals surface area contributed by atoms with Crippen molar-refractivity contribution in [2.24, 2.45) is 0 Å². The van der Waals surface area contributed by atoms with E-state index < -0.39 is 0 Å². The zero-order valence-corrected chi connectivity index (χ0v) is 7.40. The number of hydrogen-bond acceptors (Lipinski definition) is 3. The highest BCUT2D eigenvalue weighted by Crippen LogP contribution is 1.77. The van der Waals surface area contributed by atoms with Gasteiger partial charge in [0.05, 0.1) is 0 Å². The maximum Gasteiger partial charge on any atom is 0.0104 e. The molecule has 66 valence electrons. The monoisotopic (exact) mass is 157 g/mol. The fourth-order valence-corrected chi connectivity index (χ4v) is 0.777. The molecule has 0 aliphatic heterocycles. The lowest BCUT2D eigenvalue weighted by atomic mass is 10.5. The lowest BCUT2D eigenvalue weighted by Crippen LogP contribution is -2.33. The van der Waals surface area contributed by atoms with Crippen molar-refractivity contribution >= 4 is 0 Å². The van der Waals surface area contributed by atoms with Gasteiger partial charge in [-0.05, 0) is 20.5 Å². The molecule has 0 saturated heterocycles. The molecule has 2 radical (unpaired) electrons. The van der Waals surface area contributed by atoms with E-state index in [4.69, 9.17) is 0 Å². The summed E-state index contributed by atoms with van der Waals surface area (Å²) >= 11 is 0. The molecule has 0 aliphatic carbocycles. The molecule has 0 rings (SSSR count). The molecule has 0 aliphatic rings. The molecular formula is C8H19N3. The van der Waals surface area contributed by atoms with Gasteiger partial charge in [-0.15, -0.1) is 0 Å². The van der Waals surface area contributed by atoms with E-state index >= 15 is 0 Å². The predicted molar refractivity (Wildman–Crippen MR) is 49.1 cm³/mol. The standard InChI is InChI=1S/C8H19N3/c1-4-10-6-8-11(3)7-5-9-2/h9-10H,1-2,4-8H2,3H3. The first kappa shape index (κ1) is 10.9. The summed E-state index contributed by atoms with van der Waals surface area (Å²) in [5.74, 6) is 0. The van der Waals surface area contributed by atoms with Crippen LogP contribution in [-0.2, 0) is 0 Å². The molecule has 0 atom stereocenters. The van der Waals surface area contributed by atoms with Crippen molar-refractivity contribution in [3.8, 4) is 0 Å². The molecule has 0 aromatic heterocycles. The summed E-state index contributed by atoms with van der Waals surface area (Å²) in [6.45, 7) is 8.57. The summed E-state index contributed by atoms with van der Waals surface area (Å²) in [5.41, 5.74) is 0. The predicted octanol–water partition coefficient (Wildman–Crippen LogP) is -0.277. The molecule has 3 nitrogen and oxygen atoms in total. The molecule has 0 bridgehead atoms. The van der Waals surface area contributed by atoms with Gasteiger partial charge in [0.2, 0.25) is 0 Å². The van der Waals surface area contributed by atoms with Crippen LogP contribution < -0.4 is 10.6 Å². The quantitative estimate of drug-likeness (QED) is 0.498. The first-order valence-corrected chi connectivity index (χ1v) is 3.99. The highest BCUT2D eigenvalue weighted by molar-refractivity contribution is 4.56. The number of rotatable bonds is 7. The zero-order valence-electron chi connectivity index (χ0n) is 7.40. The van der Waals surface area contributed by atoms with Crippen molar-refractivity contribution in [3.63, 3.8) is 0 Å². The van der Waals surface area contributed by atoms with Gasteiger partial charge in [0.15, 0.2) is 0 Å². The Balaban J connectivity index is 3.02. The summed E-state index contributed by atoms with van der Waals surface area (Å²) in [6, 6.07) is 0. The maximum absolute atomic E-state index is 3.69. The van der Waals surface area contributed by atoms with E-state index in [1.54, 1.807) is 0 Å². The van der Waals surface area contributed by atoms with Gasteiger partial charge in [-0.3, -0.25) is 0 Å². The molecule has 0 amide bonds. The van der Waals surface area contributed by atoms with Crippen LogP contribution in [0.5, 0.6) is 0 Å². The van der Waals surface area contributed by atoms with E-state index in [1.165, 1.54) is 0 Å². The van der Waals surface area contributed by atoms with Gasteiger partial charge < -0.3 is 15.5 Å². The summed E-state index contributed by atoms with van der Waals surface area (Å²) in [4.78, 5) is 2.25. The minimum absolute atomic E-state index is 0.807. The van der Waals surface area contributed by atoms with Crippen LogP contribution >= 0.6 is 0 Å². The molecule has 0 aromatic rings. The van der Waals surface area contributed by atoms with Crippen LogP contribution in [0, 0.1) is 14.0 Å². The summed E-state index contributed by atoms with van der Waals surface area (Å²) in [7, 11) is 5.65. The van der Waals surface area contributed by atoms with E-state index in [2.05, 4.69) is 36.6 Å².